The number of nitrogens with zero attached hydrogens (tertiary/aromatic N) is 4. The van der Waals surface area contributed by atoms with Crippen LogP contribution in [-0.2, 0) is 44.7 Å². The summed E-state index contributed by atoms with van der Waals surface area (Å²) in [5.41, 5.74) is 1.98. The molecule has 0 radical (unpaired) electrons. The first-order valence-electron chi connectivity index (χ1n) is 20.3. The number of hydrogen-bond acceptors (Lipinski definition) is 12. The molecule has 1 aromatic carbocycles. The molecule has 4 aromatic rings. The van der Waals surface area contributed by atoms with Gasteiger partial charge in [-0.05, 0) is 88.3 Å². The summed E-state index contributed by atoms with van der Waals surface area (Å²) in [6.45, 7) is 5.60. The molecule has 3 aromatic heterocycles. The lowest BCUT2D eigenvalue weighted by molar-refractivity contribution is -0.144. The van der Waals surface area contributed by atoms with Gasteiger partial charge in [0.05, 0.1) is 55.9 Å². The smallest absolute Gasteiger partial charge is 0.419 e. The number of rotatable bonds is 14. The van der Waals surface area contributed by atoms with E-state index in [2.05, 4.69) is 25.9 Å². The molecule has 14 nitrogen and oxygen atoms in total. The molecule has 0 unspecified atom stereocenters. The number of halogens is 4. The Kier molecular flexibility index (Phi) is 12.6. The van der Waals surface area contributed by atoms with Crippen LogP contribution in [0, 0.1) is 0 Å². The monoisotopic (exact) mass is 879 g/mol. The number of methoxy groups -OCH3 is 3. The molecule has 2 fully saturated rings. The van der Waals surface area contributed by atoms with Crippen molar-refractivity contribution in [1.82, 2.24) is 30.5 Å². The van der Waals surface area contributed by atoms with Gasteiger partial charge in [-0.25, -0.2) is 9.78 Å². The van der Waals surface area contributed by atoms with Crippen molar-refractivity contribution in [3.8, 4) is 34.3 Å². The van der Waals surface area contributed by atoms with E-state index in [1.54, 1.807) is 45.2 Å². The van der Waals surface area contributed by atoms with Crippen LogP contribution in [0.2, 0.25) is 5.02 Å². The van der Waals surface area contributed by atoms with E-state index in [1.807, 2.05) is 18.2 Å². The molecule has 0 bridgehead atoms. The Morgan fingerprint density at radius 1 is 0.968 bits per heavy atom. The van der Waals surface area contributed by atoms with Gasteiger partial charge in [0.15, 0.2) is 0 Å². The lowest BCUT2D eigenvalue weighted by atomic mass is 9.98. The maximum absolute atomic E-state index is 14.6. The van der Waals surface area contributed by atoms with Crippen LogP contribution in [0.3, 0.4) is 0 Å². The molecule has 7 rings (SSSR count). The van der Waals surface area contributed by atoms with Crippen LogP contribution < -0.4 is 25.4 Å². The Morgan fingerprint density at radius 2 is 1.71 bits per heavy atom. The summed E-state index contributed by atoms with van der Waals surface area (Å²) in [7, 11) is 4.08. The number of pyridine rings is 3. The molecule has 3 N–H and O–H groups in total. The van der Waals surface area contributed by atoms with Crippen molar-refractivity contribution in [1.29, 1.82) is 0 Å². The molecule has 2 amide bonds. The number of nitrogens with one attached hydrogen (secondary N) is 3. The molecule has 4 heterocycles. The molecule has 62 heavy (non-hydrogen) atoms. The minimum atomic E-state index is -4.75. The van der Waals surface area contributed by atoms with Crippen molar-refractivity contribution in [3.05, 3.63) is 81.5 Å². The second kappa shape index (κ2) is 17.6. The van der Waals surface area contributed by atoms with Crippen LogP contribution in [0.1, 0.15) is 86.7 Å². The topological polar surface area (TPSA) is 166 Å². The van der Waals surface area contributed by atoms with Crippen LogP contribution in [0.15, 0.2) is 48.7 Å². The highest BCUT2D eigenvalue weighted by Crippen LogP contribution is 2.45. The number of esters is 1. The third-order valence-electron chi connectivity index (χ3n) is 11.2. The first-order chi connectivity index (χ1) is 29.4. The Labute approximate surface area is 362 Å². The van der Waals surface area contributed by atoms with E-state index in [0.29, 0.717) is 66.1 Å². The third-order valence-corrected chi connectivity index (χ3v) is 11.6. The van der Waals surface area contributed by atoms with Crippen molar-refractivity contribution in [2.24, 2.45) is 0 Å². The highest BCUT2D eigenvalue weighted by atomic mass is 35.5. The number of fused-ring (bicyclic) bond motifs is 1. The van der Waals surface area contributed by atoms with Crippen molar-refractivity contribution >= 4 is 35.4 Å². The van der Waals surface area contributed by atoms with E-state index in [-0.39, 0.29) is 54.7 Å². The number of aromatic nitrogens is 3. The number of carbonyl (C=O) groups is 3. The first-order valence-corrected chi connectivity index (χ1v) is 20.6. The number of amides is 2. The first kappa shape index (κ1) is 44.4. The number of hydrogen-bond donors (Lipinski definition) is 3. The van der Waals surface area contributed by atoms with Crippen molar-refractivity contribution in [2.45, 2.75) is 102 Å². The van der Waals surface area contributed by atoms with Gasteiger partial charge in [-0.1, -0.05) is 29.8 Å². The van der Waals surface area contributed by atoms with Crippen LogP contribution >= 0.6 is 11.6 Å². The number of anilines is 1. The number of alkyl halides is 3. The maximum atomic E-state index is 14.6. The fraction of sp³-hybridized carbons (Fsp3) is 0.455. The predicted octanol–water partition coefficient (Wildman–Crippen LogP) is 7.81. The molecule has 1 saturated carbocycles. The van der Waals surface area contributed by atoms with Gasteiger partial charge in [0.1, 0.15) is 17.0 Å². The molecule has 2 aliphatic carbocycles. The summed E-state index contributed by atoms with van der Waals surface area (Å²) in [6.07, 6.45) is -0.703. The summed E-state index contributed by atoms with van der Waals surface area (Å²) in [5, 5.41) is 9.30. The molecular formula is C44H49ClF3N7O7. The molecule has 3 aliphatic rings. The Bertz CT molecular complexity index is 2370. The SMILES string of the molecule is COC(=O)C1(NCc2cc(C(F)(F)F)c(N[C@H]3CCc4c(-c5nccc(-c6ccc(CN(C[C@@H]7CCC(=O)N7)C(=O)OC(C)(C)C)c(OC)n6)c5Cl)cccc43)nc2OC)CC1. The van der Waals surface area contributed by atoms with Crippen LogP contribution in [-0.4, -0.2) is 82.9 Å². The maximum Gasteiger partial charge on any atom is 0.419 e. The lowest BCUT2D eigenvalue weighted by Gasteiger charge is -2.29. The number of ether oxygens (including phenoxy) is 4. The number of benzene rings is 1. The van der Waals surface area contributed by atoms with Crippen LogP contribution in [0.25, 0.3) is 22.5 Å². The zero-order chi connectivity index (χ0) is 44.6. The highest BCUT2D eigenvalue weighted by Gasteiger charge is 2.51. The van der Waals surface area contributed by atoms with Gasteiger partial charge in [-0.15, -0.1) is 0 Å². The van der Waals surface area contributed by atoms with Gasteiger partial charge in [0.2, 0.25) is 17.7 Å². The second-order valence-corrected chi connectivity index (χ2v) is 17.0. The van der Waals surface area contributed by atoms with Gasteiger partial charge < -0.3 is 34.5 Å². The van der Waals surface area contributed by atoms with E-state index >= 15 is 0 Å². The average molecular weight is 880 g/mol. The van der Waals surface area contributed by atoms with Gasteiger partial charge in [-0.3, -0.25) is 19.9 Å². The molecule has 2 atom stereocenters. The van der Waals surface area contributed by atoms with E-state index in [0.717, 1.165) is 22.8 Å². The minimum Gasteiger partial charge on any atom is -0.481 e. The zero-order valence-corrected chi connectivity index (χ0v) is 36.1. The Balaban J connectivity index is 1.14. The van der Waals surface area contributed by atoms with Gasteiger partial charge >= 0.3 is 18.2 Å². The van der Waals surface area contributed by atoms with E-state index in [4.69, 9.17) is 35.5 Å². The lowest BCUT2D eigenvalue weighted by Crippen LogP contribution is -2.43. The van der Waals surface area contributed by atoms with Gasteiger partial charge in [0, 0.05) is 54.0 Å². The highest BCUT2D eigenvalue weighted by molar-refractivity contribution is 6.35. The van der Waals surface area contributed by atoms with Gasteiger partial charge in [-0.2, -0.15) is 18.2 Å². The number of carbonyl (C=O) groups excluding carboxylic acids is 3. The fourth-order valence-electron chi connectivity index (χ4n) is 7.96. The quantitative estimate of drug-likeness (QED) is 0.105. The summed E-state index contributed by atoms with van der Waals surface area (Å²) in [6, 6.07) is 11.1. The van der Waals surface area contributed by atoms with Crippen molar-refractivity contribution in [3.63, 3.8) is 0 Å². The Hall–Kier alpha value is -5.68. The molecule has 0 spiro atoms. The zero-order valence-electron chi connectivity index (χ0n) is 35.3. The van der Waals surface area contributed by atoms with Crippen molar-refractivity contribution < 1.29 is 46.5 Å². The van der Waals surface area contributed by atoms with Crippen LogP contribution in [0.4, 0.5) is 23.8 Å². The Morgan fingerprint density at radius 3 is 2.35 bits per heavy atom. The van der Waals surface area contributed by atoms with Crippen molar-refractivity contribution in [2.75, 3.05) is 33.2 Å². The predicted molar refractivity (Wildman–Crippen MR) is 224 cm³/mol. The average Bonchev–Trinajstić information content (AvgIpc) is 3.75. The standard InChI is InChI=1S/C44H49ClF3N7O7/c1-42(2,3)62-41(58)55(23-26-11-15-34(56)51-26)22-24-10-13-33(53-38(24)59-4)30-16-19-49-36(35(30)45)29-9-7-8-28-27(29)12-14-32(28)52-37-31(44(46,47)48)20-25(39(54-37)60-5)21-50-43(17-18-43)40(57)61-6/h7-10,13,16,19-20,26,32,50H,11-12,14-15,17-18,21-23H2,1-6H3,(H,51,56)(H,52,54)/t26-,32-/m0/s1. The molecule has 330 valence electrons. The summed E-state index contributed by atoms with van der Waals surface area (Å²) < 4.78 is 65.6. The summed E-state index contributed by atoms with van der Waals surface area (Å²) in [4.78, 5) is 52.8. The van der Waals surface area contributed by atoms with E-state index in [1.165, 1.54) is 26.2 Å². The normalized spacial score (nSPS) is 17.8. The minimum absolute atomic E-state index is 0.00820. The molecule has 18 heteroatoms. The summed E-state index contributed by atoms with van der Waals surface area (Å²) >= 11 is 7.14. The van der Waals surface area contributed by atoms with E-state index in [9.17, 15) is 27.6 Å². The second-order valence-electron chi connectivity index (χ2n) is 16.6. The molecular weight excluding hydrogens is 831 g/mol. The van der Waals surface area contributed by atoms with Crippen LogP contribution in [0.5, 0.6) is 11.8 Å². The fourth-order valence-corrected chi connectivity index (χ4v) is 8.27. The summed E-state index contributed by atoms with van der Waals surface area (Å²) in [5.74, 6) is -0.663. The molecule has 1 saturated heterocycles. The largest absolute Gasteiger partial charge is 0.481 e. The third kappa shape index (κ3) is 9.53. The molecule has 1 aliphatic heterocycles. The van der Waals surface area contributed by atoms with E-state index < -0.39 is 41.0 Å². The van der Waals surface area contributed by atoms with Gasteiger partial charge in [0.25, 0.3) is 0 Å².